The Morgan fingerprint density at radius 3 is 2.39 bits per heavy atom. The molecule has 90 valence electrons. The Labute approximate surface area is 99.5 Å². The second-order valence-corrected chi connectivity index (χ2v) is 3.92. The molecular weight excluding hydrogens is 240 g/mol. The molecule has 1 N–H and O–H groups in total. The van der Waals surface area contributed by atoms with Crippen molar-refractivity contribution in [2.24, 2.45) is 0 Å². The second-order valence-electron chi connectivity index (χ2n) is 3.92. The molecule has 3 nitrogen and oxygen atoms in total. The summed E-state index contributed by atoms with van der Waals surface area (Å²) < 4.78 is 27.4. The summed E-state index contributed by atoms with van der Waals surface area (Å²) in [6.45, 7) is 0. The summed E-state index contributed by atoms with van der Waals surface area (Å²) in [6, 6.07) is 8.22. The number of halogens is 2. The van der Waals surface area contributed by atoms with Crippen molar-refractivity contribution >= 4 is 21.7 Å². The lowest BCUT2D eigenvalue weighted by atomic mass is 10.1. The van der Waals surface area contributed by atoms with E-state index in [1.807, 2.05) is 0 Å². The molecule has 2 aromatic carbocycles. The molecule has 1 aromatic heterocycles. The highest BCUT2D eigenvalue weighted by atomic mass is 19.2. The van der Waals surface area contributed by atoms with Gasteiger partial charge in [-0.05, 0) is 23.6 Å². The van der Waals surface area contributed by atoms with Crippen LogP contribution in [0, 0.1) is 11.6 Å². The predicted octanol–water partition coefficient (Wildman–Crippen LogP) is 2.67. The van der Waals surface area contributed by atoms with Crippen molar-refractivity contribution in [3.05, 3.63) is 58.4 Å². The van der Waals surface area contributed by atoms with Gasteiger partial charge in [0.1, 0.15) is 0 Å². The highest BCUT2D eigenvalue weighted by Gasteiger charge is 2.15. The maximum absolute atomic E-state index is 13.8. The highest BCUT2D eigenvalue weighted by Crippen LogP contribution is 2.26. The van der Waals surface area contributed by atoms with Gasteiger partial charge in [-0.1, -0.05) is 18.2 Å². The van der Waals surface area contributed by atoms with Gasteiger partial charge < -0.3 is 5.21 Å². The van der Waals surface area contributed by atoms with Crippen LogP contribution in [0.15, 0.2) is 41.2 Å². The minimum absolute atomic E-state index is 0.0578. The summed E-state index contributed by atoms with van der Waals surface area (Å²) in [5.41, 5.74) is -0.721. The largest absolute Gasteiger partial charge is 0.425 e. The third-order valence-corrected chi connectivity index (χ3v) is 2.92. The number of benzene rings is 2. The van der Waals surface area contributed by atoms with Crippen molar-refractivity contribution in [3.63, 3.8) is 0 Å². The van der Waals surface area contributed by atoms with Crippen LogP contribution in [0.3, 0.4) is 0 Å². The summed E-state index contributed by atoms with van der Waals surface area (Å²) in [5, 5.41) is 10.00. The molecule has 0 amide bonds. The molecule has 0 aliphatic heterocycles. The average molecular weight is 247 g/mol. The first kappa shape index (κ1) is 10.7. The first-order valence-corrected chi connectivity index (χ1v) is 5.22. The lowest BCUT2D eigenvalue weighted by Crippen LogP contribution is -2.18. The smallest absolute Gasteiger partial charge is 0.291 e. The van der Waals surface area contributed by atoms with Gasteiger partial charge >= 0.3 is 0 Å². The molecule has 0 bridgehead atoms. The molecule has 5 heteroatoms. The highest BCUT2D eigenvalue weighted by molar-refractivity contribution is 6.05. The van der Waals surface area contributed by atoms with Crippen LogP contribution in [0.25, 0.3) is 21.7 Å². The minimum Gasteiger partial charge on any atom is -0.425 e. The first-order chi connectivity index (χ1) is 8.61. The van der Waals surface area contributed by atoms with E-state index >= 15 is 0 Å². The molecule has 1 heterocycles. The van der Waals surface area contributed by atoms with Crippen molar-refractivity contribution < 1.29 is 14.0 Å². The quantitative estimate of drug-likeness (QED) is 0.490. The standard InChI is InChI=1S/C13H7F2NO2/c14-9-5-6-10-11(12(9)15)7-3-1-2-4-8(7)13(17)16(10)18/h1-6,18H. The second kappa shape index (κ2) is 3.53. The Hall–Kier alpha value is -2.43. The van der Waals surface area contributed by atoms with Gasteiger partial charge in [-0.2, -0.15) is 0 Å². The fourth-order valence-electron chi connectivity index (χ4n) is 2.08. The Bertz CT molecular complexity index is 840. The molecule has 0 spiro atoms. The molecule has 0 saturated carbocycles. The van der Waals surface area contributed by atoms with Crippen LogP contribution in [0.4, 0.5) is 8.78 Å². The minimum atomic E-state index is -1.08. The molecule has 0 unspecified atom stereocenters. The number of pyridine rings is 1. The number of hydrogen-bond acceptors (Lipinski definition) is 2. The van der Waals surface area contributed by atoms with Crippen LogP contribution < -0.4 is 5.56 Å². The van der Waals surface area contributed by atoms with E-state index in [2.05, 4.69) is 0 Å². The molecule has 3 aromatic rings. The molecule has 0 aliphatic rings. The SMILES string of the molecule is O=c1c2ccccc2c2c(F)c(F)ccc2n1O. The maximum atomic E-state index is 13.8. The molecule has 0 atom stereocenters. The summed E-state index contributed by atoms with van der Waals surface area (Å²) in [4.78, 5) is 11.8. The van der Waals surface area contributed by atoms with E-state index in [4.69, 9.17) is 0 Å². The number of aromatic nitrogens is 1. The van der Waals surface area contributed by atoms with E-state index < -0.39 is 17.2 Å². The van der Waals surface area contributed by atoms with Crippen molar-refractivity contribution in [1.82, 2.24) is 4.73 Å². The molecule has 3 rings (SSSR count). The van der Waals surface area contributed by atoms with Crippen LogP contribution in [-0.2, 0) is 0 Å². The fourth-order valence-corrected chi connectivity index (χ4v) is 2.08. The van der Waals surface area contributed by atoms with Crippen LogP contribution in [0.1, 0.15) is 0 Å². The van der Waals surface area contributed by atoms with Gasteiger partial charge in [-0.15, -0.1) is 4.73 Å². The van der Waals surface area contributed by atoms with Gasteiger partial charge in [-0.25, -0.2) is 8.78 Å². The van der Waals surface area contributed by atoms with E-state index in [9.17, 15) is 18.8 Å². The van der Waals surface area contributed by atoms with Crippen LogP contribution in [0.2, 0.25) is 0 Å². The first-order valence-electron chi connectivity index (χ1n) is 5.22. The van der Waals surface area contributed by atoms with Crippen LogP contribution in [0.5, 0.6) is 0 Å². The van der Waals surface area contributed by atoms with Crippen molar-refractivity contribution in [2.75, 3.05) is 0 Å². The Morgan fingerprint density at radius 2 is 1.67 bits per heavy atom. The molecule has 18 heavy (non-hydrogen) atoms. The number of fused-ring (bicyclic) bond motifs is 3. The molecule has 0 radical (unpaired) electrons. The topological polar surface area (TPSA) is 42.2 Å². The average Bonchev–Trinajstić information content (AvgIpc) is 2.39. The lowest BCUT2D eigenvalue weighted by Gasteiger charge is -2.08. The van der Waals surface area contributed by atoms with Gasteiger partial charge in [0.25, 0.3) is 5.56 Å². The Morgan fingerprint density at radius 1 is 1.00 bits per heavy atom. The maximum Gasteiger partial charge on any atom is 0.291 e. The van der Waals surface area contributed by atoms with E-state index in [0.29, 0.717) is 4.73 Å². The van der Waals surface area contributed by atoms with Crippen molar-refractivity contribution in [3.8, 4) is 0 Å². The lowest BCUT2D eigenvalue weighted by molar-refractivity contribution is 0.190. The van der Waals surface area contributed by atoms with Gasteiger partial charge in [0.05, 0.1) is 10.9 Å². The summed E-state index contributed by atoms with van der Waals surface area (Å²) in [5.74, 6) is -2.10. The van der Waals surface area contributed by atoms with E-state index in [1.54, 1.807) is 12.1 Å². The third kappa shape index (κ3) is 1.24. The number of rotatable bonds is 0. The van der Waals surface area contributed by atoms with E-state index in [-0.39, 0.29) is 21.7 Å². The fraction of sp³-hybridized carbons (Fsp3) is 0. The Balaban J connectivity index is 2.76. The van der Waals surface area contributed by atoms with E-state index in [1.165, 1.54) is 18.2 Å². The summed E-state index contributed by atoms with van der Waals surface area (Å²) in [6.07, 6.45) is 0. The zero-order chi connectivity index (χ0) is 12.9. The predicted molar refractivity (Wildman–Crippen MR) is 62.8 cm³/mol. The third-order valence-electron chi connectivity index (χ3n) is 2.92. The zero-order valence-electron chi connectivity index (χ0n) is 9.02. The van der Waals surface area contributed by atoms with Gasteiger partial charge in [0.2, 0.25) is 0 Å². The van der Waals surface area contributed by atoms with Crippen molar-refractivity contribution in [2.45, 2.75) is 0 Å². The zero-order valence-corrected chi connectivity index (χ0v) is 9.02. The molecule has 0 aliphatic carbocycles. The number of hydrogen-bond donors (Lipinski definition) is 1. The van der Waals surface area contributed by atoms with Gasteiger partial charge in [0.15, 0.2) is 11.6 Å². The number of nitrogens with zero attached hydrogens (tertiary/aromatic N) is 1. The molecule has 0 fully saturated rings. The van der Waals surface area contributed by atoms with Crippen LogP contribution >= 0.6 is 0 Å². The summed E-state index contributed by atoms with van der Waals surface area (Å²) >= 11 is 0. The van der Waals surface area contributed by atoms with Crippen LogP contribution in [-0.4, -0.2) is 9.94 Å². The van der Waals surface area contributed by atoms with Gasteiger partial charge in [0, 0.05) is 5.39 Å². The van der Waals surface area contributed by atoms with Gasteiger partial charge in [-0.3, -0.25) is 4.79 Å². The summed E-state index contributed by atoms with van der Waals surface area (Å²) in [7, 11) is 0. The Kier molecular flexibility index (Phi) is 2.10. The molecule has 0 saturated heterocycles. The monoisotopic (exact) mass is 247 g/mol. The normalized spacial score (nSPS) is 11.2. The van der Waals surface area contributed by atoms with E-state index in [0.717, 1.165) is 6.07 Å². The van der Waals surface area contributed by atoms with Crippen molar-refractivity contribution in [1.29, 1.82) is 0 Å². The molecular formula is C13H7F2NO2.